The van der Waals surface area contributed by atoms with Crippen LogP contribution in [-0.2, 0) is 9.47 Å². The second-order valence-corrected chi connectivity index (χ2v) is 7.47. The Morgan fingerprint density at radius 1 is 1.25 bits per heavy atom. The molecule has 4 nitrogen and oxygen atoms in total. The van der Waals surface area contributed by atoms with Gasteiger partial charge in [-0.05, 0) is 51.3 Å². The minimum Gasteiger partial charge on any atom is -0.444 e. The van der Waals surface area contributed by atoms with Crippen LogP contribution < -0.4 is 0 Å². The van der Waals surface area contributed by atoms with E-state index in [2.05, 4.69) is 0 Å². The van der Waals surface area contributed by atoms with E-state index in [0.717, 1.165) is 5.57 Å². The van der Waals surface area contributed by atoms with E-state index < -0.39 is 11.2 Å². The average molecular weight is 333 g/mol. The topological polar surface area (TPSA) is 38.8 Å². The van der Waals surface area contributed by atoms with Gasteiger partial charge in [0.25, 0.3) is 0 Å². The highest BCUT2D eigenvalue weighted by Gasteiger charge is 2.40. The van der Waals surface area contributed by atoms with Crippen molar-refractivity contribution in [2.24, 2.45) is 0 Å². The molecule has 0 bridgehead atoms. The normalized spacial score (nSPS) is 20.2. The van der Waals surface area contributed by atoms with Gasteiger partial charge in [-0.15, -0.1) is 0 Å². The molecule has 3 rings (SSSR count). The van der Waals surface area contributed by atoms with Crippen molar-refractivity contribution in [2.75, 3.05) is 19.7 Å². The molecule has 1 saturated heterocycles. The molecule has 0 unspecified atom stereocenters. The molecule has 0 atom stereocenters. The van der Waals surface area contributed by atoms with Gasteiger partial charge in [-0.2, -0.15) is 0 Å². The number of piperidine rings is 1. The van der Waals surface area contributed by atoms with E-state index in [4.69, 9.17) is 9.47 Å². The number of likely N-dealkylation sites (tertiary alicyclic amines) is 1. The summed E-state index contributed by atoms with van der Waals surface area (Å²) < 4.78 is 25.4. The molecule has 0 N–H and O–H groups in total. The Morgan fingerprint density at radius 2 is 1.92 bits per heavy atom. The van der Waals surface area contributed by atoms with Gasteiger partial charge in [0, 0.05) is 18.7 Å². The van der Waals surface area contributed by atoms with Gasteiger partial charge in [-0.3, -0.25) is 0 Å². The standard InChI is InChI=1S/C19H24FNO3/c1-18(2,3)24-17(22)21-10-8-19(9-11-21)12-14(13-23-19)15-6-4-5-7-16(15)20/h4-7,12H,8-11,13H2,1-3H3. The van der Waals surface area contributed by atoms with Gasteiger partial charge in [0.2, 0.25) is 0 Å². The van der Waals surface area contributed by atoms with Crippen molar-refractivity contribution in [1.82, 2.24) is 4.90 Å². The van der Waals surface area contributed by atoms with Crippen molar-refractivity contribution in [1.29, 1.82) is 0 Å². The maximum Gasteiger partial charge on any atom is 0.410 e. The van der Waals surface area contributed by atoms with Gasteiger partial charge in [-0.25, -0.2) is 9.18 Å². The number of nitrogens with zero attached hydrogens (tertiary/aromatic N) is 1. The van der Waals surface area contributed by atoms with Crippen LogP contribution >= 0.6 is 0 Å². The van der Waals surface area contributed by atoms with Crippen molar-refractivity contribution < 1.29 is 18.7 Å². The first-order chi connectivity index (χ1) is 11.3. The van der Waals surface area contributed by atoms with Crippen LogP contribution in [-0.4, -0.2) is 41.9 Å². The second-order valence-electron chi connectivity index (χ2n) is 7.47. The van der Waals surface area contributed by atoms with Gasteiger partial charge in [0.15, 0.2) is 0 Å². The Hall–Kier alpha value is -1.88. The van der Waals surface area contributed by atoms with Gasteiger partial charge >= 0.3 is 6.09 Å². The maximum absolute atomic E-state index is 14.0. The zero-order chi connectivity index (χ0) is 17.4. The number of hydrogen-bond donors (Lipinski definition) is 0. The lowest BCUT2D eigenvalue weighted by Gasteiger charge is -2.38. The highest BCUT2D eigenvalue weighted by atomic mass is 19.1. The van der Waals surface area contributed by atoms with Crippen LogP contribution in [0.25, 0.3) is 5.57 Å². The molecule has 1 amide bonds. The predicted molar refractivity (Wildman–Crippen MR) is 90.1 cm³/mol. The summed E-state index contributed by atoms with van der Waals surface area (Å²) in [6, 6.07) is 6.76. The SMILES string of the molecule is CC(C)(C)OC(=O)N1CCC2(C=C(c3ccccc3F)CO2)CC1. The Morgan fingerprint density at radius 3 is 2.54 bits per heavy atom. The molecule has 2 aliphatic heterocycles. The minimum atomic E-state index is -0.492. The van der Waals surface area contributed by atoms with Gasteiger partial charge in [0.05, 0.1) is 12.2 Å². The number of carbonyl (C=O) groups is 1. The fourth-order valence-electron chi connectivity index (χ4n) is 3.18. The summed E-state index contributed by atoms with van der Waals surface area (Å²) >= 11 is 0. The fraction of sp³-hybridized carbons (Fsp3) is 0.526. The monoisotopic (exact) mass is 333 g/mol. The predicted octanol–water partition coefficient (Wildman–Crippen LogP) is 4.01. The third-order valence-corrected chi connectivity index (χ3v) is 4.43. The van der Waals surface area contributed by atoms with Crippen molar-refractivity contribution in [2.45, 2.75) is 44.8 Å². The number of carbonyl (C=O) groups excluding carboxylic acids is 1. The summed E-state index contributed by atoms with van der Waals surface area (Å²) in [6.07, 6.45) is 3.15. The van der Waals surface area contributed by atoms with Crippen molar-refractivity contribution in [3.05, 3.63) is 41.7 Å². The molecule has 2 heterocycles. The summed E-state index contributed by atoms with van der Waals surface area (Å²) in [7, 11) is 0. The lowest BCUT2D eigenvalue weighted by molar-refractivity contribution is -0.0318. The number of amides is 1. The molecule has 24 heavy (non-hydrogen) atoms. The second kappa shape index (κ2) is 6.20. The van der Waals surface area contributed by atoms with E-state index in [1.165, 1.54) is 6.07 Å². The molecule has 0 aliphatic carbocycles. The van der Waals surface area contributed by atoms with Crippen molar-refractivity contribution >= 4 is 11.7 Å². The van der Waals surface area contributed by atoms with Crippen LogP contribution in [0.1, 0.15) is 39.2 Å². The Kier molecular flexibility index (Phi) is 4.38. The van der Waals surface area contributed by atoms with Gasteiger partial charge in [-0.1, -0.05) is 18.2 Å². The largest absolute Gasteiger partial charge is 0.444 e. The lowest BCUT2D eigenvalue weighted by atomic mass is 9.90. The molecular formula is C19H24FNO3. The third-order valence-electron chi connectivity index (χ3n) is 4.43. The molecule has 2 aliphatic rings. The summed E-state index contributed by atoms with van der Waals surface area (Å²) in [6.45, 7) is 7.15. The van der Waals surface area contributed by atoms with Gasteiger partial charge < -0.3 is 14.4 Å². The molecule has 1 fully saturated rings. The Balaban J connectivity index is 1.66. The summed E-state index contributed by atoms with van der Waals surface area (Å²) in [5.41, 5.74) is 0.604. The van der Waals surface area contributed by atoms with Crippen LogP contribution in [0.15, 0.2) is 30.3 Å². The number of ether oxygens (including phenoxy) is 2. The smallest absolute Gasteiger partial charge is 0.410 e. The number of rotatable bonds is 1. The minimum absolute atomic E-state index is 0.226. The fourth-order valence-corrected chi connectivity index (χ4v) is 3.18. The number of halogens is 1. The van der Waals surface area contributed by atoms with E-state index >= 15 is 0 Å². The molecular weight excluding hydrogens is 309 g/mol. The zero-order valence-corrected chi connectivity index (χ0v) is 14.5. The maximum atomic E-state index is 14.0. The number of hydrogen-bond acceptors (Lipinski definition) is 3. The summed E-state index contributed by atoms with van der Waals surface area (Å²) in [5, 5.41) is 0. The molecule has 5 heteroatoms. The highest BCUT2D eigenvalue weighted by Crippen LogP contribution is 2.38. The molecule has 1 aromatic rings. The van der Waals surface area contributed by atoms with Gasteiger partial charge in [0.1, 0.15) is 11.4 Å². The van der Waals surface area contributed by atoms with Crippen LogP contribution in [0.4, 0.5) is 9.18 Å². The van der Waals surface area contributed by atoms with E-state index in [9.17, 15) is 9.18 Å². The Bertz CT molecular complexity index is 655. The third kappa shape index (κ3) is 3.61. The van der Waals surface area contributed by atoms with Crippen molar-refractivity contribution in [3.8, 4) is 0 Å². The van der Waals surface area contributed by atoms with E-state index in [0.29, 0.717) is 38.1 Å². The zero-order valence-electron chi connectivity index (χ0n) is 14.5. The van der Waals surface area contributed by atoms with Crippen LogP contribution in [0, 0.1) is 5.82 Å². The average Bonchev–Trinajstić information content (AvgIpc) is 2.90. The first kappa shape index (κ1) is 17.0. The highest BCUT2D eigenvalue weighted by molar-refractivity contribution is 5.70. The quantitative estimate of drug-likeness (QED) is 0.779. The van der Waals surface area contributed by atoms with Crippen LogP contribution in [0.2, 0.25) is 0 Å². The first-order valence-corrected chi connectivity index (χ1v) is 8.37. The summed E-state index contributed by atoms with van der Waals surface area (Å²) in [5.74, 6) is -0.226. The van der Waals surface area contributed by atoms with E-state index in [1.54, 1.807) is 17.0 Å². The molecule has 0 saturated carbocycles. The molecule has 1 aromatic carbocycles. The first-order valence-electron chi connectivity index (χ1n) is 8.37. The lowest BCUT2D eigenvalue weighted by Crippen LogP contribution is -2.47. The molecule has 0 radical (unpaired) electrons. The molecule has 1 spiro atoms. The molecule has 130 valence electrons. The molecule has 0 aromatic heterocycles. The summed E-state index contributed by atoms with van der Waals surface area (Å²) in [4.78, 5) is 13.9. The van der Waals surface area contributed by atoms with E-state index in [1.807, 2.05) is 32.9 Å². The van der Waals surface area contributed by atoms with Crippen LogP contribution in [0.3, 0.4) is 0 Å². The Labute approximate surface area is 142 Å². The number of benzene rings is 1. The van der Waals surface area contributed by atoms with E-state index in [-0.39, 0.29) is 11.9 Å². The van der Waals surface area contributed by atoms with Crippen molar-refractivity contribution in [3.63, 3.8) is 0 Å². The van der Waals surface area contributed by atoms with Crippen LogP contribution in [0.5, 0.6) is 0 Å².